The number of hydrogen-bond donors (Lipinski definition) is 0. The Morgan fingerprint density at radius 3 is 2.38 bits per heavy atom. The average Bonchev–Trinajstić information content (AvgIpc) is 2.17. The maximum atomic E-state index is 9.84. The zero-order chi connectivity index (χ0) is 9.52. The lowest BCUT2D eigenvalue weighted by Crippen LogP contribution is -1.87. The highest BCUT2D eigenvalue weighted by Crippen LogP contribution is 2.06. The van der Waals surface area contributed by atoms with Gasteiger partial charge in [-0.1, -0.05) is 24.3 Å². The van der Waals surface area contributed by atoms with Crippen molar-refractivity contribution >= 4 is 17.7 Å². The molecule has 3 heteroatoms. The van der Waals surface area contributed by atoms with Crippen molar-refractivity contribution in [2.45, 2.75) is 13.0 Å². The van der Waals surface area contributed by atoms with Crippen molar-refractivity contribution < 1.29 is 4.79 Å². The third kappa shape index (κ3) is 3.41. The van der Waals surface area contributed by atoms with E-state index in [2.05, 4.69) is 4.99 Å². The van der Waals surface area contributed by atoms with Gasteiger partial charge in [-0.15, -0.1) is 11.6 Å². The van der Waals surface area contributed by atoms with E-state index in [9.17, 15) is 4.79 Å². The highest BCUT2D eigenvalue weighted by atomic mass is 35.5. The SMILES string of the molecule is O=C=NCc1ccc(CCCl)cc1. The van der Waals surface area contributed by atoms with Crippen LogP contribution in [0.3, 0.4) is 0 Å². The van der Waals surface area contributed by atoms with Crippen LogP contribution in [0.5, 0.6) is 0 Å². The molecule has 0 aliphatic carbocycles. The Bertz CT molecular complexity index is 301. The maximum absolute atomic E-state index is 9.84. The first-order valence-corrected chi connectivity index (χ1v) is 4.57. The summed E-state index contributed by atoms with van der Waals surface area (Å²) in [4.78, 5) is 13.3. The predicted molar refractivity (Wildman–Crippen MR) is 52.7 cm³/mol. The van der Waals surface area contributed by atoms with Crippen molar-refractivity contribution in [3.05, 3.63) is 35.4 Å². The molecule has 0 saturated heterocycles. The van der Waals surface area contributed by atoms with Gasteiger partial charge in [0.25, 0.3) is 0 Å². The number of nitrogens with zero attached hydrogens (tertiary/aromatic N) is 1. The molecule has 68 valence electrons. The Labute approximate surface area is 82.3 Å². The lowest BCUT2D eigenvalue weighted by molar-refractivity contribution is 0.563. The fourth-order valence-electron chi connectivity index (χ4n) is 1.04. The van der Waals surface area contributed by atoms with Crippen molar-refractivity contribution in [2.75, 3.05) is 5.88 Å². The van der Waals surface area contributed by atoms with Gasteiger partial charge in [-0.05, 0) is 17.5 Å². The third-order valence-corrected chi connectivity index (χ3v) is 1.92. The van der Waals surface area contributed by atoms with Crippen LogP contribution in [-0.2, 0) is 17.8 Å². The number of rotatable bonds is 4. The van der Waals surface area contributed by atoms with E-state index >= 15 is 0 Å². The highest BCUT2D eigenvalue weighted by Gasteiger charge is 1.92. The van der Waals surface area contributed by atoms with Gasteiger partial charge in [0.1, 0.15) is 0 Å². The van der Waals surface area contributed by atoms with Gasteiger partial charge in [-0.3, -0.25) is 0 Å². The number of halogens is 1. The second kappa shape index (κ2) is 5.52. The maximum Gasteiger partial charge on any atom is 0.235 e. The van der Waals surface area contributed by atoms with Gasteiger partial charge < -0.3 is 0 Å². The molecule has 0 heterocycles. The monoisotopic (exact) mass is 195 g/mol. The minimum Gasteiger partial charge on any atom is -0.211 e. The molecule has 0 bridgehead atoms. The van der Waals surface area contributed by atoms with Gasteiger partial charge in [0.15, 0.2) is 0 Å². The smallest absolute Gasteiger partial charge is 0.211 e. The number of carbonyl (C=O) groups excluding carboxylic acids is 1. The fourth-order valence-corrected chi connectivity index (χ4v) is 1.26. The third-order valence-electron chi connectivity index (χ3n) is 1.73. The molecule has 2 nitrogen and oxygen atoms in total. The number of aliphatic imine (C=N–C) groups is 1. The molecule has 0 atom stereocenters. The summed E-state index contributed by atoms with van der Waals surface area (Å²) in [5.41, 5.74) is 2.22. The summed E-state index contributed by atoms with van der Waals surface area (Å²) in [6.45, 7) is 0.407. The fraction of sp³-hybridized carbons (Fsp3) is 0.300. The van der Waals surface area contributed by atoms with E-state index in [0.29, 0.717) is 12.4 Å². The highest BCUT2D eigenvalue weighted by molar-refractivity contribution is 6.17. The van der Waals surface area contributed by atoms with E-state index in [1.165, 1.54) is 11.6 Å². The molecule has 1 aromatic carbocycles. The summed E-state index contributed by atoms with van der Waals surface area (Å²) in [5.74, 6) is 0.631. The normalized spacial score (nSPS) is 9.31. The van der Waals surface area contributed by atoms with E-state index in [0.717, 1.165) is 12.0 Å². The van der Waals surface area contributed by atoms with Gasteiger partial charge in [0.05, 0.1) is 6.54 Å². The van der Waals surface area contributed by atoms with E-state index in [1.807, 2.05) is 24.3 Å². The van der Waals surface area contributed by atoms with Crippen LogP contribution in [0.1, 0.15) is 11.1 Å². The molecule has 0 amide bonds. The van der Waals surface area contributed by atoms with Crippen LogP contribution < -0.4 is 0 Å². The van der Waals surface area contributed by atoms with Crippen LogP contribution in [0.4, 0.5) is 0 Å². The standard InChI is InChI=1S/C10H10ClNO/c11-6-5-9-1-3-10(4-2-9)7-12-8-13/h1-4H,5-7H2. The molecular weight excluding hydrogens is 186 g/mol. The topological polar surface area (TPSA) is 29.4 Å². The molecule has 0 N–H and O–H groups in total. The zero-order valence-corrected chi connectivity index (χ0v) is 7.92. The summed E-state index contributed by atoms with van der Waals surface area (Å²) in [7, 11) is 0. The van der Waals surface area contributed by atoms with E-state index in [4.69, 9.17) is 11.6 Å². The summed E-state index contributed by atoms with van der Waals surface area (Å²) in [5, 5.41) is 0. The summed E-state index contributed by atoms with van der Waals surface area (Å²) >= 11 is 5.59. The lowest BCUT2D eigenvalue weighted by Gasteiger charge is -1.98. The van der Waals surface area contributed by atoms with Crippen LogP contribution >= 0.6 is 11.6 Å². The van der Waals surface area contributed by atoms with Crippen molar-refractivity contribution in [3.8, 4) is 0 Å². The largest absolute Gasteiger partial charge is 0.235 e. The average molecular weight is 196 g/mol. The zero-order valence-electron chi connectivity index (χ0n) is 7.16. The van der Waals surface area contributed by atoms with Crippen LogP contribution in [0.2, 0.25) is 0 Å². The molecule has 1 rings (SSSR count). The molecule has 0 fully saturated rings. The van der Waals surface area contributed by atoms with Crippen LogP contribution in [0.25, 0.3) is 0 Å². The van der Waals surface area contributed by atoms with Gasteiger partial charge in [0.2, 0.25) is 6.08 Å². The molecule has 1 aromatic rings. The number of aryl methyl sites for hydroxylation is 1. The molecule has 13 heavy (non-hydrogen) atoms. The molecular formula is C10H10ClNO. The molecule has 0 saturated carbocycles. The summed E-state index contributed by atoms with van der Waals surface area (Å²) < 4.78 is 0. The second-order valence-electron chi connectivity index (χ2n) is 2.66. The Hall–Kier alpha value is -1.11. The van der Waals surface area contributed by atoms with Crippen molar-refractivity contribution in [1.29, 1.82) is 0 Å². The summed E-state index contributed by atoms with van der Waals surface area (Å²) in [6.07, 6.45) is 2.38. The van der Waals surface area contributed by atoms with Crippen molar-refractivity contribution in [1.82, 2.24) is 0 Å². The first-order chi connectivity index (χ1) is 6.36. The van der Waals surface area contributed by atoms with Crippen LogP contribution in [0.15, 0.2) is 29.3 Å². The molecule has 0 aliphatic heterocycles. The van der Waals surface area contributed by atoms with Crippen LogP contribution in [0, 0.1) is 0 Å². The van der Waals surface area contributed by atoms with Gasteiger partial charge in [0, 0.05) is 5.88 Å². The summed E-state index contributed by atoms with van der Waals surface area (Å²) in [6, 6.07) is 7.89. The lowest BCUT2D eigenvalue weighted by atomic mass is 10.1. The van der Waals surface area contributed by atoms with Crippen molar-refractivity contribution in [3.63, 3.8) is 0 Å². The number of isocyanates is 1. The van der Waals surface area contributed by atoms with E-state index in [-0.39, 0.29) is 0 Å². The van der Waals surface area contributed by atoms with Gasteiger partial charge in [-0.2, -0.15) is 0 Å². The number of hydrogen-bond acceptors (Lipinski definition) is 2. The predicted octanol–water partition coefficient (Wildman–Crippen LogP) is 2.30. The molecule has 0 aromatic heterocycles. The number of alkyl halides is 1. The van der Waals surface area contributed by atoms with Crippen molar-refractivity contribution in [2.24, 2.45) is 4.99 Å². The van der Waals surface area contributed by atoms with Crippen LogP contribution in [-0.4, -0.2) is 12.0 Å². The van der Waals surface area contributed by atoms with E-state index in [1.54, 1.807) is 0 Å². The van der Waals surface area contributed by atoms with Gasteiger partial charge in [-0.25, -0.2) is 9.79 Å². The molecule has 0 radical (unpaired) electrons. The Balaban J connectivity index is 2.63. The van der Waals surface area contributed by atoms with Gasteiger partial charge >= 0.3 is 0 Å². The molecule has 0 unspecified atom stereocenters. The first-order valence-electron chi connectivity index (χ1n) is 4.04. The minimum absolute atomic E-state index is 0.407. The molecule has 0 spiro atoms. The Morgan fingerprint density at radius 1 is 1.23 bits per heavy atom. The molecule has 0 aliphatic rings. The quantitative estimate of drug-likeness (QED) is 0.412. The Morgan fingerprint density at radius 2 is 1.85 bits per heavy atom. The second-order valence-corrected chi connectivity index (χ2v) is 3.04. The first kappa shape index (κ1) is 9.97. The van der Waals surface area contributed by atoms with E-state index < -0.39 is 0 Å². The number of benzene rings is 1. The minimum atomic E-state index is 0.407. The Kier molecular flexibility index (Phi) is 4.24.